The number of benzene rings is 1. The molecule has 15 heavy (non-hydrogen) atoms. The first-order valence-corrected chi connectivity index (χ1v) is 4.57. The molecule has 0 aliphatic heterocycles. The van der Waals surface area contributed by atoms with Gasteiger partial charge in [-0.2, -0.15) is 0 Å². The summed E-state index contributed by atoms with van der Waals surface area (Å²) in [4.78, 5) is 0. The molecule has 1 rings (SSSR count). The Hall–Kier alpha value is -1.36. The van der Waals surface area contributed by atoms with Gasteiger partial charge in [-0.1, -0.05) is 30.3 Å². The van der Waals surface area contributed by atoms with Gasteiger partial charge < -0.3 is 20.4 Å². The van der Waals surface area contributed by atoms with E-state index in [4.69, 9.17) is 10.2 Å². The second-order valence-electron chi connectivity index (χ2n) is 3.17. The molecule has 0 amide bonds. The molecule has 0 aliphatic rings. The Kier molecular flexibility index (Phi) is 4.30. The molecule has 1 aromatic rings. The summed E-state index contributed by atoms with van der Waals surface area (Å²) in [7, 11) is 0. The van der Waals surface area contributed by atoms with Crippen molar-refractivity contribution >= 4 is 6.08 Å². The highest BCUT2D eigenvalue weighted by molar-refractivity contribution is 5.51. The molecule has 4 N–H and O–H groups in total. The smallest absolute Gasteiger partial charge is 0.139 e. The van der Waals surface area contributed by atoms with Crippen LogP contribution >= 0.6 is 0 Å². The zero-order valence-corrected chi connectivity index (χ0v) is 8.11. The van der Waals surface area contributed by atoms with Crippen LogP contribution in [0.1, 0.15) is 5.56 Å². The third kappa shape index (κ3) is 3.36. The van der Waals surface area contributed by atoms with Gasteiger partial charge in [0.1, 0.15) is 18.0 Å². The molecule has 2 atom stereocenters. The molecule has 82 valence electrons. The van der Waals surface area contributed by atoms with Gasteiger partial charge in [0.25, 0.3) is 0 Å². The highest BCUT2D eigenvalue weighted by atomic mass is 16.4. The predicted octanol–water partition coefficient (Wildman–Crippen LogP) is 0.300. The van der Waals surface area contributed by atoms with Crippen molar-refractivity contribution in [1.29, 1.82) is 0 Å². The Bertz CT molecular complexity index is 321. The molecular weight excluding hydrogens is 196 g/mol. The monoisotopic (exact) mass is 210 g/mol. The number of rotatable bonds is 4. The summed E-state index contributed by atoms with van der Waals surface area (Å²) < 4.78 is 0. The van der Waals surface area contributed by atoms with Crippen molar-refractivity contribution in [2.45, 2.75) is 12.2 Å². The van der Waals surface area contributed by atoms with Crippen LogP contribution in [-0.2, 0) is 0 Å². The average Bonchev–Trinajstić information content (AvgIpc) is 2.28. The van der Waals surface area contributed by atoms with Crippen molar-refractivity contribution in [3.63, 3.8) is 0 Å². The normalized spacial score (nSPS) is 16.1. The number of hydrogen-bond donors (Lipinski definition) is 4. The van der Waals surface area contributed by atoms with Crippen molar-refractivity contribution in [1.82, 2.24) is 0 Å². The Labute approximate surface area is 87.7 Å². The lowest BCUT2D eigenvalue weighted by Crippen LogP contribution is -2.30. The van der Waals surface area contributed by atoms with E-state index >= 15 is 0 Å². The van der Waals surface area contributed by atoms with E-state index in [-0.39, 0.29) is 5.76 Å². The highest BCUT2D eigenvalue weighted by Crippen LogP contribution is 2.09. The summed E-state index contributed by atoms with van der Waals surface area (Å²) in [5, 5.41) is 36.4. The van der Waals surface area contributed by atoms with Crippen LogP contribution in [0.2, 0.25) is 0 Å². The van der Waals surface area contributed by atoms with E-state index in [0.717, 1.165) is 0 Å². The Balaban J connectivity index is 2.76. The molecule has 0 saturated heterocycles. The average molecular weight is 210 g/mol. The van der Waals surface area contributed by atoms with E-state index in [1.807, 2.05) is 6.07 Å². The minimum absolute atomic E-state index is 0.372. The summed E-state index contributed by atoms with van der Waals surface area (Å²) in [5.41, 5.74) is 0.708. The van der Waals surface area contributed by atoms with Crippen LogP contribution in [0.5, 0.6) is 0 Å². The van der Waals surface area contributed by atoms with Crippen LogP contribution in [0.25, 0.3) is 6.08 Å². The molecule has 0 saturated carbocycles. The van der Waals surface area contributed by atoms with Gasteiger partial charge in [0.15, 0.2) is 0 Å². The fourth-order valence-electron chi connectivity index (χ4n) is 1.10. The van der Waals surface area contributed by atoms with E-state index < -0.39 is 18.8 Å². The Morgan fingerprint density at radius 2 is 1.80 bits per heavy atom. The zero-order chi connectivity index (χ0) is 11.3. The van der Waals surface area contributed by atoms with Crippen molar-refractivity contribution in [3.8, 4) is 0 Å². The first-order valence-electron chi connectivity index (χ1n) is 4.57. The van der Waals surface area contributed by atoms with Gasteiger partial charge >= 0.3 is 0 Å². The van der Waals surface area contributed by atoms with Gasteiger partial charge in [0.05, 0.1) is 6.61 Å². The van der Waals surface area contributed by atoms with E-state index in [1.165, 1.54) is 6.08 Å². The Morgan fingerprint density at radius 3 is 2.33 bits per heavy atom. The lowest BCUT2D eigenvalue weighted by Gasteiger charge is -2.14. The van der Waals surface area contributed by atoms with Gasteiger partial charge in [0, 0.05) is 0 Å². The number of hydrogen-bond acceptors (Lipinski definition) is 4. The fourth-order valence-corrected chi connectivity index (χ4v) is 1.10. The molecule has 0 spiro atoms. The molecular formula is C11H14O4. The van der Waals surface area contributed by atoms with Gasteiger partial charge in [-0.15, -0.1) is 0 Å². The number of aliphatic hydroxyl groups excluding tert-OH is 4. The molecule has 0 bridgehead atoms. The first kappa shape index (κ1) is 11.7. The molecule has 0 unspecified atom stereocenters. The van der Waals surface area contributed by atoms with E-state index in [0.29, 0.717) is 5.56 Å². The molecule has 0 radical (unpaired) electrons. The maximum Gasteiger partial charge on any atom is 0.139 e. The van der Waals surface area contributed by atoms with Gasteiger partial charge in [-0.05, 0) is 11.6 Å². The fraction of sp³-hybridized carbons (Fsp3) is 0.273. The van der Waals surface area contributed by atoms with E-state index in [2.05, 4.69) is 0 Å². The zero-order valence-electron chi connectivity index (χ0n) is 8.11. The van der Waals surface area contributed by atoms with Crippen molar-refractivity contribution in [2.24, 2.45) is 0 Å². The molecule has 0 fully saturated rings. The van der Waals surface area contributed by atoms with Gasteiger partial charge in [-0.3, -0.25) is 0 Å². The second-order valence-corrected chi connectivity index (χ2v) is 3.17. The molecule has 0 heterocycles. The quantitative estimate of drug-likeness (QED) is 0.539. The van der Waals surface area contributed by atoms with Crippen molar-refractivity contribution in [3.05, 3.63) is 41.7 Å². The lowest BCUT2D eigenvalue weighted by atomic mass is 10.1. The summed E-state index contributed by atoms with van der Waals surface area (Å²) >= 11 is 0. The third-order valence-electron chi connectivity index (χ3n) is 1.97. The second kappa shape index (κ2) is 5.50. The van der Waals surface area contributed by atoms with E-state index in [1.54, 1.807) is 24.3 Å². The van der Waals surface area contributed by atoms with Crippen molar-refractivity contribution in [2.75, 3.05) is 6.61 Å². The summed E-state index contributed by atoms with van der Waals surface area (Å²) in [5.74, 6) is -0.372. The largest absolute Gasteiger partial charge is 0.509 e. The minimum Gasteiger partial charge on any atom is -0.509 e. The SMILES string of the molecule is OC[C@@H](O)[C@H](O)C(O)=Cc1ccccc1. The molecule has 4 heteroatoms. The van der Waals surface area contributed by atoms with Crippen molar-refractivity contribution < 1.29 is 20.4 Å². The standard InChI is InChI=1S/C11H14O4/c12-7-10(14)11(15)9(13)6-8-4-2-1-3-5-8/h1-6,10-15H,7H2/t10-,11-/m1/s1. The maximum atomic E-state index is 9.41. The van der Waals surface area contributed by atoms with Crippen LogP contribution in [0.3, 0.4) is 0 Å². The van der Waals surface area contributed by atoms with Crippen LogP contribution in [0.4, 0.5) is 0 Å². The van der Waals surface area contributed by atoms with Crippen LogP contribution in [0.15, 0.2) is 36.1 Å². The minimum atomic E-state index is -1.46. The van der Waals surface area contributed by atoms with Crippen LogP contribution in [-0.4, -0.2) is 39.2 Å². The summed E-state index contributed by atoms with van der Waals surface area (Å²) in [6.07, 6.45) is -1.50. The highest BCUT2D eigenvalue weighted by Gasteiger charge is 2.18. The van der Waals surface area contributed by atoms with Crippen LogP contribution < -0.4 is 0 Å². The Morgan fingerprint density at radius 1 is 1.20 bits per heavy atom. The topological polar surface area (TPSA) is 80.9 Å². The molecule has 0 aliphatic carbocycles. The van der Waals surface area contributed by atoms with E-state index in [9.17, 15) is 10.2 Å². The summed E-state index contributed by atoms with van der Waals surface area (Å²) in [6, 6.07) is 8.89. The van der Waals surface area contributed by atoms with Gasteiger partial charge in [-0.25, -0.2) is 0 Å². The lowest BCUT2D eigenvalue weighted by molar-refractivity contribution is -0.0124. The van der Waals surface area contributed by atoms with Gasteiger partial charge in [0.2, 0.25) is 0 Å². The molecule has 0 aromatic heterocycles. The van der Waals surface area contributed by atoms with Crippen LogP contribution in [0, 0.1) is 0 Å². The summed E-state index contributed by atoms with van der Waals surface area (Å²) in [6.45, 7) is -0.603. The molecule has 4 nitrogen and oxygen atoms in total. The first-order chi connectivity index (χ1) is 7.15. The molecule has 1 aromatic carbocycles. The maximum absolute atomic E-state index is 9.41. The third-order valence-corrected chi connectivity index (χ3v) is 1.97. The number of aliphatic hydroxyl groups is 4. The predicted molar refractivity (Wildman–Crippen MR) is 56.1 cm³/mol.